The number of amides is 1. The van der Waals surface area contributed by atoms with Crippen molar-refractivity contribution in [3.8, 4) is 11.8 Å². The van der Waals surface area contributed by atoms with Gasteiger partial charge in [-0.25, -0.2) is 0 Å². The largest absolute Gasteiger partial charge is 0.326 e. The summed E-state index contributed by atoms with van der Waals surface area (Å²) in [5.41, 5.74) is 4.48. The number of rotatable bonds is 6. The first-order chi connectivity index (χ1) is 13.6. The Balaban J connectivity index is 1.91. The number of nitrogens with one attached hydrogen (secondary N) is 1. The number of para-hydroxylation sites is 1. The normalized spacial score (nSPS) is 11.9. The first kappa shape index (κ1) is 19.1. The molecule has 1 heterocycles. The van der Waals surface area contributed by atoms with Gasteiger partial charge in [0.15, 0.2) is 0 Å². The molecule has 28 heavy (non-hydrogen) atoms. The second kappa shape index (κ2) is 8.83. The first-order valence-electron chi connectivity index (χ1n) is 9.10. The number of hydrogen-bond acceptors (Lipinski definition) is 3. The van der Waals surface area contributed by atoms with E-state index in [2.05, 4.69) is 22.4 Å². The van der Waals surface area contributed by atoms with E-state index in [1.54, 1.807) is 6.21 Å². The molecule has 1 aromatic heterocycles. The fraction of sp³-hybridized carbons (Fsp3) is 0.174. The van der Waals surface area contributed by atoms with Crippen LogP contribution in [0.25, 0.3) is 5.69 Å². The Labute approximate surface area is 165 Å². The molecule has 0 radical (unpaired) electrons. The second-order valence-corrected chi connectivity index (χ2v) is 6.61. The first-order valence-corrected chi connectivity index (χ1v) is 9.10. The third kappa shape index (κ3) is 4.74. The van der Waals surface area contributed by atoms with Crippen LogP contribution in [0, 0.1) is 24.2 Å². The average Bonchev–Trinajstić information content (AvgIpc) is 3.22. The fourth-order valence-corrected chi connectivity index (χ4v) is 3.03. The van der Waals surface area contributed by atoms with E-state index in [1.807, 2.05) is 72.4 Å². The van der Waals surface area contributed by atoms with E-state index in [4.69, 9.17) is 0 Å². The lowest BCUT2D eigenvalue weighted by Crippen LogP contribution is -2.11. The Kier molecular flexibility index (Phi) is 6.03. The van der Waals surface area contributed by atoms with E-state index in [0.717, 1.165) is 28.2 Å². The van der Waals surface area contributed by atoms with Gasteiger partial charge in [0.2, 0.25) is 5.91 Å². The van der Waals surface area contributed by atoms with Gasteiger partial charge in [-0.2, -0.15) is 5.26 Å². The second-order valence-electron chi connectivity index (χ2n) is 6.61. The molecule has 0 saturated heterocycles. The number of carbonyl (C=O) groups excluding carboxylic acids is 1. The lowest BCUT2D eigenvalue weighted by Gasteiger charge is -2.16. The molecule has 1 amide bonds. The molecule has 1 N–H and O–H groups in total. The minimum absolute atomic E-state index is 0.124. The van der Waals surface area contributed by atoms with Crippen LogP contribution in [0.15, 0.2) is 72.0 Å². The molecule has 0 saturated carbocycles. The molecule has 0 bridgehead atoms. The van der Waals surface area contributed by atoms with Crippen LogP contribution in [0.5, 0.6) is 0 Å². The molecule has 5 nitrogen and oxygen atoms in total. The summed E-state index contributed by atoms with van der Waals surface area (Å²) in [7, 11) is 0. The third-order valence-corrected chi connectivity index (χ3v) is 4.41. The van der Waals surface area contributed by atoms with E-state index in [0.29, 0.717) is 6.42 Å². The molecular formula is C23H22N4O. The number of carbonyl (C=O) groups is 1. The smallest absolute Gasteiger partial charge is 0.221 e. The maximum Gasteiger partial charge on any atom is 0.221 e. The molecule has 1 atom stereocenters. The highest BCUT2D eigenvalue weighted by Gasteiger charge is 2.13. The lowest BCUT2D eigenvalue weighted by atomic mass is 9.98. The zero-order valence-corrected chi connectivity index (χ0v) is 16.0. The highest BCUT2D eigenvalue weighted by Crippen LogP contribution is 2.26. The number of aromatic nitrogens is 1. The van der Waals surface area contributed by atoms with Crippen LogP contribution in [-0.2, 0) is 11.2 Å². The third-order valence-electron chi connectivity index (χ3n) is 4.41. The summed E-state index contributed by atoms with van der Waals surface area (Å²) in [6.45, 7) is 3.47. The monoisotopic (exact) mass is 370 g/mol. The van der Waals surface area contributed by atoms with Gasteiger partial charge in [-0.05, 0) is 60.9 Å². The van der Waals surface area contributed by atoms with Crippen LogP contribution < -0.4 is 5.32 Å². The van der Waals surface area contributed by atoms with Gasteiger partial charge in [0.25, 0.3) is 0 Å². The Morgan fingerprint density at radius 3 is 2.57 bits per heavy atom. The molecule has 3 aromatic rings. The number of aliphatic imine (C=N–C) groups is 1. The van der Waals surface area contributed by atoms with Gasteiger partial charge in [0.1, 0.15) is 0 Å². The molecule has 3 rings (SSSR count). The minimum atomic E-state index is -0.370. The molecule has 0 aliphatic carbocycles. The van der Waals surface area contributed by atoms with E-state index >= 15 is 0 Å². The Bertz CT molecular complexity index is 1010. The molecule has 0 aliphatic heterocycles. The van der Waals surface area contributed by atoms with E-state index in [-0.39, 0.29) is 11.8 Å². The maximum absolute atomic E-state index is 11.6. The molecule has 1 unspecified atom stereocenters. The van der Waals surface area contributed by atoms with Crippen LogP contribution in [0.4, 0.5) is 11.4 Å². The van der Waals surface area contributed by atoms with Gasteiger partial charge in [0.05, 0.1) is 23.4 Å². The summed E-state index contributed by atoms with van der Waals surface area (Å²) in [4.78, 5) is 16.0. The number of hydrogen-bond donors (Lipinski definition) is 1. The van der Waals surface area contributed by atoms with Crippen LogP contribution in [0.3, 0.4) is 0 Å². The standard InChI is InChI=1S/C23H22N4O/c1-17-22(26-18(2)28)13-19(14-23(17)27-10-6-7-11-27)12-20(15-24)16-25-21-8-4-3-5-9-21/h3-11,13-14,16,20H,12H2,1-2H3,(H,26,28). The van der Waals surface area contributed by atoms with Crippen LogP contribution in [-0.4, -0.2) is 16.7 Å². The van der Waals surface area contributed by atoms with Gasteiger partial charge in [-0.3, -0.25) is 9.79 Å². The van der Waals surface area contributed by atoms with E-state index in [1.165, 1.54) is 6.92 Å². The Hall–Kier alpha value is -3.65. The van der Waals surface area contributed by atoms with Crippen molar-refractivity contribution in [1.29, 1.82) is 5.26 Å². The molecule has 2 aromatic carbocycles. The number of benzene rings is 2. The Morgan fingerprint density at radius 2 is 1.93 bits per heavy atom. The number of nitrogens with zero attached hydrogens (tertiary/aromatic N) is 3. The average molecular weight is 370 g/mol. The van der Waals surface area contributed by atoms with Crippen molar-refractivity contribution >= 4 is 23.5 Å². The van der Waals surface area contributed by atoms with Crippen LogP contribution in [0.2, 0.25) is 0 Å². The van der Waals surface area contributed by atoms with Gasteiger partial charge in [-0.15, -0.1) is 0 Å². The quantitative estimate of drug-likeness (QED) is 0.631. The predicted molar refractivity (Wildman–Crippen MR) is 112 cm³/mol. The molecule has 0 fully saturated rings. The summed E-state index contributed by atoms with van der Waals surface area (Å²) >= 11 is 0. The lowest BCUT2D eigenvalue weighted by molar-refractivity contribution is -0.114. The SMILES string of the molecule is CC(=O)Nc1cc(CC(C#N)C=Nc2ccccc2)cc(-n2cccc2)c1C. The molecule has 0 spiro atoms. The molecular weight excluding hydrogens is 348 g/mol. The Morgan fingerprint density at radius 1 is 1.21 bits per heavy atom. The van der Waals surface area contributed by atoms with Crippen molar-refractivity contribution in [2.24, 2.45) is 10.9 Å². The van der Waals surface area contributed by atoms with Gasteiger partial charge < -0.3 is 9.88 Å². The summed E-state index contributed by atoms with van der Waals surface area (Å²) < 4.78 is 2.00. The molecule has 0 aliphatic rings. The number of nitriles is 1. The molecule has 5 heteroatoms. The summed E-state index contributed by atoms with van der Waals surface area (Å²) in [5, 5.41) is 12.5. The minimum Gasteiger partial charge on any atom is -0.326 e. The van der Waals surface area contributed by atoms with Gasteiger partial charge in [0, 0.05) is 31.2 Å². The van der Waals surface area contributed by atoms with Crippen molar-refractivity contribution in [3.05, 3.63) is 78.1 Å². The maximum atomic E-state index is 11.6. The number of anilines is 1. The van der Waals surface area contributed by atoms with Crippen molar-refractivity contribution in [3.63, 3.8) is 0 Å². The van der Waals surface area contributed by atoms with E-state index in [9.17, 15) is 10.1 Å². The highest BCUT2D eigenvalue weighted by molar-refractivity contribution is 5.90. The van der Waals surface area contributed by atoms with Crippen LogP contribution in [0.1, 0.15) is 18.1 Å². The van der Waals surface area contributed by atoms with Crippen molar-refractivity contribution in [2.45, 2.75) is 20.3 Å². The van der Waals surface area contributed by atoms with E-state index < -0.39 is 0 Å². The summed E-state index contributed by atoms with van der Waals surface area (Å²) in [6.07, 6.45) is 6.11. The zero-order valence-electron chi connectivity index (χ0n) is 16.0. The zero-order chi connectivity index (χ0) is 19.9. The van der Waals surface area contributed by atoms with Crippen LogP contribution >= 0.6 is 0 Å². The van der Waals surface area contributed by atoms with Crippen molar-refractivity contribution in [1.82, 2.24) is 4.57 Å². The van der Waals surface area contributed by atoms with Gasteiger partial charge >= 0.3 is 0 Å². The fourth-order valence-electron chi connectivity index (χ4n) is 3.03. The summed E-state index contributed by atoms with van der Waals surface area (Å²) in [6, 6.07) is 19.8. The van der Waals surface area contributed by atoms with Crippen molar-refractivity contribution < 1.29 is 4.79 Å². The topological polar surface area (TPSA) is 70.2 Å². The predicted octanol–water partition coefficient (Wildman–Crippen LogP) is 4.83. The van der Waals surface area contributed by atoms with Crippen molar-refractivity contribution in [2.75, 3.05) is 5.32 Å². The molecule has 140 valence electrons. The summed E-state index contributed by atoms with van der Waals surface area (Å²) in [5.74, 6) is -0.494. The highest BCUT2D eigenvalue weighted by atomic mass is 16.1. The van der Waals surface area contributed by atoms with Gasteiger partial charge in [-0.1, -0.05) is 18.2 Å².